The van der Waals surface area contributed by atoms with Gasteiger partial charge in [-0.15, -0.1) is 0 Å². The number of fused-ring (bicyclic) bond motifs is 3. The third-order valence-electron chi connectivity index (χ3n) is 6.19. The van der Waals surface area contributed by atoms with Crippen LogP contribution >= 0.6 is 0 Å². The van der Waals surface area contributed by atoms with Crippen molar-refractivity contribution in [3.8, 4) is 11.5 Å². The number of ether oxygens (including phenoxy) is 1. The Hall–Kier alpha value is -2.01. The molecule has 4 atom stereocenters. The third kappa shape index (κ3) is 3.33. The number of aromatic carboxylic acids is 1. The van der Waals surface area contributed by atoms with Gasteiger partial charge < -0.3 is 20.1 Å². The molecule has 1 aliphatic carbocycles. The maximum absolute atomic E-state index is 12.1. The van der Waals surface area contributed by atoms with Gasteiger partial charge in [0, 0.05) is 11.5 Å². The van der Waals surface area contributed by atoms with E-state index in [0.29, 0.717) is 24.0 Å². The van der Waals surface area contributed by atoms with Gasteiger partial charge in [0.05, 0.1) is 5.60 Å². The van der Waals surface area contributed by atoms with Crippen LogP contribution in [0.25, 0.3) is 0 Å². The van der Waals surface area contributed by atoms with E-state index in [9.17, 15) is 20.1 Å². The molecule has 5 heteroatoms. The molecule has 0 spiro atoms. The highest BCUT2D eigenvalue weighted by Crippen LogP contribution is 2.57. The number of unbranched alkanes of at least 4 members (excludes halogenated alkanes) is 2. The first-order valence-electron chi connectivity index (χ1n) is 9.85. The molecule has 1 heterocycles. The van der Waals surface area contributed by atoms with Gasteiger partial charge in [0.1, 0.15) is 23.2 Å². The van der Waals surface area contributed by atoms with Crippen molar-refractivity contribution in [2.75, 3.05) is 0 Å². The lowest BCUT2D eigenvalue weighted by molar-refractivity contribution is -0.0826. The minimum atomic E-state index is -1.08. The van der Waals surface area contributed by atoms with Crippen LogP contribution in [0, 0.1) is 5.92 Å². The van der Waals surface area contributed by atoms with E-state index in [1.54, 1.807) is 13.0 Å². The first-order valence-corrected chi connectivity index (χ1v) is 9.85. The second-order valence-corrected chi connectivity index (χ2v) is 8.35. The summed E-state index contributed by atoms with van der Waals surface area (Å²) in [6.07, 6.45) is 4.15. The normalized spacial score (nSPS) is 29.0. The van der Waals surface area contributed by atoms with Crippen LogP contribution in [0.15, 0.2) is 18.2 Å². The molecule has 0 saturated heterocycles. The van der Waals surface area contributed by atoms with Crippen LogP contribution in [-0.2, 0) is 6.42 Å². The van der Waals surface area contributed by atoms with Crippen LogP contribution in [0.3, 0.4) is 0 Å². The summed E-state index contributed by atoms with van der Waals surface area (Å²) in [5.41, 5.74) is 1.12. The predicted molar refractivity (Wildman–Crippen MR) is 104 cm³/mol. The fourth-order valence-corrected chi connectivity index (χ4v) is 4.75. The molecule has 1 aromatic rings. The number of allylic oxidation sites excluding steroid dienone is 1. The van der Waals surface area contributed by atoms with Crippen LogP contribution in [0.1, 0.15) is 80.3 Å². The lowest BCUT2D eigenvalue weighted by atomic mass is 9.66. The highest BCUT2D eigenvalue weighted by Gasteiger charge is 2.54. The number of carbonyl (C=O) groups is 1. The Morgan fingerprint density at radius 2 is 2.11 bits per heavy atom. The van der Waals surface area contributed by atoms with Crippen LogP contribution < -0.4 is 4.74 Å². The van der Waals surface area contributed by atoms with Gasteiger partial charge in [-0.1, -0.05) is 31.9 Å². The summed E-state index contributed by atoms with van der Waals surface area (Å²) in [7, 11) is 0. The van der Waals surface area contributed by atoms with Crippen molar-refractivity contribution in [3.63, 3.8) is 0 Å². The fraction of sp³-hybridized carbons (Fsp3) is 0.591. The minimum absolute atomic E-state index is 0.0370. The van der Waals surface area contributed by atoms with E-state index < -0.39 is 17.7 Å². The van der Waals surface area contributed by atoms with Crippen LogP contribution in [0.2, 0.25) is 0 Å². The van der Waals surface area contributed by atoms with E-state index >= 15 is 0 Å². The molecule has 5 nitrogen and oxygen atoms in total. The van der Waals surface area contributed by atoms with E-state index in [-0.39, 0.29) is 28.9 Å². The smallest absolute Gasteiger partial charge is 0.339 e. The first-order chi connectivity index (χ1) is 12.7. The molecule has 0 amide bonds. The number of benzene rings is 1. The van der Waals surface area contributed by atoms with Gasteiger partial charge in [-0.25, -0.2) is 4.79 Å². The molecule has 0 radical (unpaired) electrons. The number of aliphatic hydroxyl groups is 1. The van der Waals surface area contributed by atoms with Crippen molar-refractivity contribution in [3.05, 3.63) is 34.9 Å². The van der Waals surface area contributed by atoms with Gasteiger partial charge >= 0.3 is 5.97 Å². The van der Waals surface area contributed by atoms with Crippen molar-refractivity contribution in [1.82, 2.24) is 0 Å². The number of carboxylic acids is 1. The minimum Gasteiger partial charge on any atom is -0.508 e. The monoisotopic (exact) mass is 374 g/mol. The largest absolute Gasteiger partial charge is 0.508 e. The summed E-state index contributed by atoms with van der Waals surface area (Å²) < 4.78 is 6.09. The molecule has 0 unspecified atom stereocenters. The Labute approximate surface area is 160 Å². The van der Waals surface area contributed by atoms with Gasteiger partial charge in [0.25, 0.3) is 0 Å². The van der Waals surface area contributed by atoms with Gasteiger partial charge in [-0.2, -0.15) is 0 Å². The zero-order valence-electron chi connectivity index (χ0n) is 16.4. The number of hydrogen-bond donors (Lipinski definition) is 3. The summed E-state index contributed by atoms with van der Waals surface area (Å²) in [4.78, 5) is 12.1. The average molecular weight is 374 g/mol. The van der Waals surface area contributed by atoms with E-state index in [0.717, 1.165) is 31.3 Å². The summed E-state index contributed by atoms with van der Waals surface area (Å²) in [6.45, 7) is 9.83. The van der Waals surface area contributed by atoms with Crippen molar-refractivity contribution >= 4 is 5.97 Å². The molecule has 1 saturated carbocycles. The van der Waals surface area contributed by atoms with Crippen molar-refractivity contribution in [2.45, 2.75) is 76.9 Å². The van der Waals surface area contributed by atoms with Crippen LogP contribution in [0.5, 0.6) is 11.5 Å². The summed E-state index contributed by atoms with van der Waals surface area (Å²) in [6, 6.07) is 1.59. The van der Waals surface area contributed by atoms with Crippen LogP contribution in [-0.4, -0.2) is 33.0 Å². The van der Waals surface area contributed by atoms with E-state index in [1.807, 2.05) is 6.92 Å². The summed E-state index contributed by atoms with van der Waals surface area (Å²) >= 11 is 0. The molecule has 0 bridgehead atoms. The number of aryl methyl sites for hydroxylation is 1. The summed E-state index contributed by atoms with van der Waals surface area (Å²) in [5, 5.41) is 31.6. The average Bonchev–Trinajstić information content (AvgIpc) is 2.96. The Morgan fingerprint density at radius 3 is 2.70 bits per heavy atom. The Balaban J connectivity index is 2.14. The van der Waals surface area contributed by atoms with Crippen molar-refractivity contribution in [2.24, 2.45) is 5.92 Å². The van der Waals surface area contributed by atoms with Crippen LogP contribution in [0.4, 0.5) is 0 Å². The number of hydrogen-bond acceptors (Lipinski definition) is 4. The zero-order chi connectivity index (χ0) is 19.9. The number of rotatable bonds is 6. The second-order valence-electron chi connectivity index (χ2n) is 8.35. The molecule has 0 aromatic heterocycles. The molecule has 2 aliphatic rings. The first kappa shape index (κ1) is 19.7. The lowest BCUT2D eigenvalue weighted by Gasteiger charge is -2.42. The van der Waals surface area contributed by atoms with Gasteiger partial charge in [0.15, 0.2) is 0 Å². The number of aromatic hydroxyl groups is 1. The number of carboxylic acid groups (broad SMARTS) is 1. The van der Waals surface area contributed by atoms with Gasteiger partial charge in [0.2, 0.25) is 0 Å². The summed E-state index contributed by atoms with van der Waals surface area (Å²) in [5.74, 6) is -1.00. The quantitative estimate of drug-likeness (QED) is 0.507. The third-order valence-corrected chi connectivity index (χ3v) is 6.19. The highest BCUT2D eigenvalue weighted by molar-refractivity contribution is 5.94. The van der Waals surface area contributed by atoms with Gasteiger partial charge in [-0.3, -0.25) is 0 Å². The zero-order valence-corrected chi connectivity index (χ0v) is 16.4. The van der Waals surface area contributed by atoms with Gasteiger partial charge in [-0.05, 0) is 57.1 Å². The maximum Gasteiger partial charge on any atom is 0.339 e. The molecular formula is C22H30O5. The lowest BCUT2D eigenvalue weighted by Crippen LogP contribution is -2.50. The van der Waals surface area contributed by atoms with Crippen molar-refractivity contribution in [1.29, 1.82) is 0 Å². The molecule has 3 rings (SSSR count). The Morgan fingerprint density at radius 1 is 1.41 bits per heavy atom. The molecule has 1 fully saturated rings. The van der Waals surface area contributed by atoms with E-state index in [4.69, 9.17) is 4.74 Å². The van der Waals surface area contributed by atoms with E-state index in [2.05, 4.69) is 13.5 Å². The Kier molecular flexibility index (Phi) is 5.26. The molecule has 27 heavy (non-hydrogen) atoms. The van der Waals surface area contributed by atoms with E-state index in [1.165, 1.54) is 0 Å². The second kappa shape index (κ2) is 7.19. The standard InChI is InChI=1S/C22H30O5/c1-5-6-7-8-13-11-15(23)18-17-14(12(2)3)9-10-22(4,26)20(17)27-19(18)16(13)21(24)25/h11,14,17,20,23,26H,2,5-10H2,1,3-4H3,(H,24,25)/t14-,17+,20-,22-/m0/s1. The topological polar surface area (TPSA) is 87.0 Å². The fourth-order valence-electron chi connectivity index (χ4n) is 4.75. The molecule has 1 aliphatic heterocycles. The molecule has 1 aromatic carbocycles. The number of phenolic OH excluding ortho intramolecular Hbond substituents is 1. The number of phenols is 1. The molecule has 148 valence electrons. The Bertz CT molecular complexity index is 764. The maximum atomic E-state index is 12.1. The predicted octanol–water partition coefficient (Wildman–Crippen LogP) is 4.40. The van der Waals surface area contributed by atoms with Crippen molar-refractivity contribution < 1.29 is 24.9 Å². The molecule has 3 N–H and O–H groups in total. The highest BCUT2D eigenvalue weighted by atomic mass is 16.5. The SMILES string of the molecule is C=C(C)[C@@H]1CC[C@](C)(O)[C@H]2Oc3c(C(=O)O)c(CCCCC)cc(O)c3[C@@H]12. The molecular weight excluding hydrogens is 344 g/mol.